The lowest BCUT2D eigenvalue weighted by Crippen LogP contribution is -2.41. The highest BCUT2D eigenvalue weighted by molar-refractivity contribution is 7.03. The number of carbonyl (C=O) groups excluding carboxylic acids is 2. The molecule has 94 valence electrons. The number of carbonyl (C=O) groups is 2. The van der Waals surface area contributed by atoms with E-state index in [-0.39, 0.29) is 5.78 Å². The molecule has 1 heterocycles. The summed E-state index contributed by atoms with van der Waals surface area (Å²) in [5.41, 5.74) is -0.0740. The second-order valence-electron chi connectivity index (χ2n) is 4.65. The van der Waals surface area contributed by atoms with Gasteiger partial charge in [0.15, 0.2) is 5.78 Å². The number of ketones is 1. The maximum atomic E-state index is 11.8. The summed E-state index contributed by atoms with van der Waals surface area (Å²) in [6, 6.07) is -0.624. The average Bonchev–Trinajstić information content (AvgIpc) is 2.65. The van der Waals surface area contributed by atoms with Gasteiger partial charge in [-0.15, -0.1) is 0 Å². The first kappa shape index (κ1) is 13.6. The second-order valence-corrected chi connectivity index (χ2v) is 5.30. The number of Topliss-reactive ketones (excluding diaryl/α,β-unsaturated/α-hetero) is 1. The molecule has 0 saturated carbocycles. The number of aromatic nitrogens is 1. The zero-order chi connectivity index (χ0) is 13.1. The van der Waals surface area contributed by atoms with E-state index in [9.17, 15) is 9.59 Å². The molecule has 0 unspecified atom stereocenters. The zero-order valence-electron chi connectivity index (χ0n) is 10.3. The Balaban J connectivity index is 2.52. The summed E-state index contributed by atoms with van der Waals surface area (Å²) in [6.07, 6.45) is 0.891. The lowest BCUT2D eigenvalue weighted by Gasteiger charge is -2.21. The lowest BCUT2D eigenvalue weighted by molar-refractivity contribution is 0.0497. The number of hydrogen-bond acceptors (Lipinski definition) is 5. The smallest absolute Gasteiger partial charge is 0.408 e. The number of nitrogens with zero attached hydrogens (tertiary/aromatic N) is 1. The van der Waals surface area contributed by atoms with Crippen LogP contribution in [0.3, 0.4) is 0 Å². The van der Waals surface area contributed by atoms with Crippen molar-refractivity contribution >= 4 is 23.4 Å². The van der Waals surface area contributed by atoms with E-state index < -0.39 is 17.7 Å². The van der Waals surface area contributed by atoms with Crippen LogP contribution in [-0.2, 0) is 4.74 Å². The van der Waals surface area contributed by atoms with Crippen molar-refractivity contribution in [1.82, 2.24) is 9.69 Å². The molecule has 0 aliphatic carbocycles. The van der Waals surface area contributed by atoms with E-state index >= 15 is 0 Å². The van der Waals surface area contributed by atoms with Gasteiger partial charge in [0.05, 0.1) is 17.8 Å². The molecule has 0 fully saturated rings. The molecule has 1 atom stereocenters. The molecule has 1 aromatic rings. The third-order valence-electron chi connectivity index (χ3n) is 1.84. The zero-order valence-corrected chi connectivity index (χ0v) is 11.1. The topological polar surface area (TPSA) is 68.3 Å². The molecule has 0 aliphatic rings. The largest absolute Gasteiger partial charge is 0.444 e. The highest BCUT2D eigenvalue weighted by atomic mass is 32.1. The van der Waals surface area contributed by atoms with Crippen molar-refractivity contribution in [3.05, 3.63) is 17.1 Å². The molecule has 1 amide bonds. The van der Waals surface area contributed by atoms with Crippen molar-refractivity contribution in [3.63, 3.8) is 0 Å². The second kappa shape index (κ2) is 5.27. The Labute approximate surface area is 104 Å². The van der Waals surface area contributed by atoms with Crippen LogP contribution in [0.15, 0.2) is 11.6 Å². The highest BCUT2D eigenvalue weighted by Gasteiger charge is 2.22. The first-order chi connectivity index (χ1) is 7.79. The maximum Gasteiger partial charge on any atom is 0.408 e. The van der Waals surface area contributed by atoms with Crippen molar-refractivity contribution < 1.29 is 14.3 Å². The Bertz CT molecular complexity index is 395. The van der Waals surface area contributed by atoms with E-state index in [1.54, 1.807) is 33.1 Å². The first-order valence-corrected chi connectivity index (χ1v) is 6.06. The standard InChI is InChI=1S/C11H16N2O3S/c1-7(9(14)8-5-12-17-6-8)13-10(15)16-11(2,3)4/h5-7H,1-4H3,(H,13,15)/t7-/m1/s1. The van der Waals surface area contributed by atoms with E-state index in [1.807, 2.05) is 0 Å². The molecule has 0 aliphatic heterocycles. The molecule has 1 rings (SSSR count). The van der Waals surface area contributed by atoms with Gasteiger partial charge < -0.3 is 10.1 Å². The third-order valence-corrected chi connectivity index (χ3v) is 2.43. The molecule has 17 heavy (non-hydrogen) atoms. The minimum Gasteiger partial charge on any atom is -0.444 e. The summed E-state index contributed by atoms with van der Waals surface area (Å²) in [6.45, 7) is 6.91. The molecule has 0 spiro atoms. The van der Waals surface area contributed by atoms with Gasteiger partial charge >= 0.3 is 6.09 Å². The van der Waals surface area contributed by atoms with Gasteiger partial charge in [0.25, 0.3) is 0 Å². The van der Waals surface area contributed by atoms with Gasteiger partial charge in [0, 0.05) is 5.38 Å². The molecular formula is C11H16N2O3S. The van der Waals surface area contributed by atoms with E-state index in [1.165, 1.54) is 17.7 Å². The van der Waals surface area contributed by atoms with Gasteiger partial charge in [-0.2, -0.15) is 0 Å². The monoisotopic (exact) mass is 256 g/mol. The van der Waals surface area contributed by atoms with Gasteiger partial charge in [-0.05, 0) is 39.2 Å². The molecule has 5 nitrogen and oxygen atoms in total. The molecule has 1 aromatic heterocycles. The molecule has 0 saturated heterocycles. The van der Waals surface area contributed by atoms with E-state index in [0.717, 1.165) is 0 Å². The predicted octanol–water partition coefficient (Wildman–Crippen LogP) is 2.24. The Hall–Kier alpha value is -1.43. The molecular weight excluding hydrogens is 240 g/mol. The van der Waals surface area contributed by atoms with Crippen molar-refractivity contribution in [2.75, 3.05) is 0 Å². The van der Waals surface area contributed by atoms with Crippen LogP contribution in [0.1, 0.15) is 38.1 Å². The summed E-state index contributed by atoms with van der Waals surface area (Å²) in [5, 5.41) is 4.14. The molecule has 6 heteroatoms. The summed E-state index contributed by atoms with van der Waals surface area (Å²) < 4.78 is 8.90. The van der Waals surface area contributed by atoms with Crippen LogP contribution < -0.4 is 5.32 Å². The minimum atomic E-state index is -0.624. The molecule has 0 radical (unpaired) electrons. The fourth-order valence-electron chi connectivity index (χ4n) is 1.13. The van der Waals surface area contributed by atoms with Gasteiger partial charge in [-0.3, -0.25) is 4.79 Å². The Morgan fingerprint density at radius 1 is 1.47 bits per heavy atom. The van der Waals surface area contributed by atoms with Crippen LogP contribution in [-0.4, -0.2) is 27.9 Å². The van der Waals surface area contributed by atoms with Crippen LogP contribution in [0, 0.1) is 0 Å². The van der Waals surface area contributed by atoms with Crippen LogP contribution in [0.25, 0.3) is 0 Å². The van der Waals surface area contributed by atoms with Crippen LogP contribution in [0.2, 0.25) is 0 Å². The van der Waals surface area contributed by atoms with E-state index in [0.29, 0.717) is 5.56 Å². The van der Waals surface area contributed by atoms with Gasteiger partial charge in [-0.1, -0.05) is 0 Å². The molecule has 0 bridgehead atoms. The highest BCUT2D eigenvalue weighted by Crippen LogP contribution is 2.09. The third kappa shape index (κ3) is 4.52. The lowest BCUT2D eigenvalue weighted by atomic mass is 10.1. The van der Waals surface area contributed by atoms with E-state index in [4.69, 9.17) is 4.74 Å². The summed E-state index contributed by atoms with van der Waals surface area (Å²) in [5.74, 6) is -0.176. The van der Waals surface area contributed by atoms with Gasteiger partial charge in [-0.25, -0.2) is 9.17 Å². The number of alkyl carbamates (subject to hydrolysis) is 1. The normalized spacial score (nSPS) is 12.9. The Kier molecular flexibility index (Phi) is 4.22. The SMILES string of the molecule is C[C@@H](NC(=O)OC(C)(C)C)C(=O)c1cnsc1. The van der Waals surface area contributed by atoms with Gasteiger partial charge in [0.1, 0.15) is 5.60 Å². The van der Waals surface area contributed by atoms with Crippen LogP contribution in [0.4, 0.5) is 4.79 Å². The average molecular weight is 256 g/mol. The summed E-state index contributed by atoms with van der Waals surface area (Å²) >= 11 is 1.20. The van der Waals surface area contributed by atoms with Gasteiger partial charge in [0.2, 0.25) is 0 Å². The number of nitrogens with one attached hydrogen (secondary N) is 1. The quantitative estimate of drug-likeness (QED) is 0.842. The fraction of sp³-hybridized carbons (Fsp3) is 0.545. The Morgan fingerprint density at radius 2 is 2.12 bits per heavy atom. The summed E-state index contributed by atoms with van der Waals surface area (Å²) in [7, 11) is 0. The number of rotatable bonds is 3. The predicted molar refractivity (Wildman–Crippen MR) is 65.3 cm³/mol. The van der Waals surface area contributed by atoms with Crippen molar-refractivity contribution in [3.8, 4) is 0 Å². The first-order valence-electron chi connectivity index (χ1n) is 5.23. The minimum absolute atomic E-state index is 0.176. The number of amides is 1. The number of hydrogen-bond donors (Lipinski definition) is 1. The maximum absolute atomic E-state index is 11.8. The molecule has 0 aromatic carbocycles. The van der Waals surface area contributed by atoms with E-state index in [2.05, 4.69) is 9.69 Å². The van der Waals surface area contributed by atoms with Crippen molar-refractivity contribution in [2.45, 2.75) is 39.3 Å². The van der Waals surface area contributed by atoms with Crippen molar-refractivity contribution in [2.24, 2.45) is 0 Å². The molecule has 1 N–H and O–H groups in total. The summed E-state index contributed by atoms with van der Waals surface area (Å²) in [4.78, 5) is 23.2. The van der Waals surface area contributed by atoms with Crippen LogP contribution in [0.5, 0.6) is 0 Å². The van der Waals surface area contributed by atoms with Crippen LogP contribution >= 0.6 is 11.5 Å². The van der Waals surface area contributed by atoms with Crippen molar-refractivity contribution in [1.29, 1.82) is 0 Å². The Morgan fingerprint density at radius 3 is 2.59 bits per heavy atom. The number of ether oxygens (including phenoxy) is 1. The fourth-order valence-corrected chi connectivity index (χ4v) is 1.65.